The summed E-state index contributed by atoms with van der Waals surface area (Å²) in [5, 5.41) is 0. The average molecular weight is 303 g/mol. The van der Waals surface area contributed by atoms with Crippen molar-refractivity contribution in [3.8, 4) is 0 Å². The summed E-state index contributed by atoms with van der Waals surface area (Å²) in [5.74, 6) is 0. The predicted octanol–water partition coefficient (Wildman–Crippen LogP) is 4.07. The predicted molar refractivity (Wildman–Crippen MR) is 87.4 cm³/mol. The fourth-order valence-electron chi connectivity index (χ4n) is 2.43. The smallest absolute Gasteiger partial charge is 0.413 e. The molecule has 1 amide bonds. The summed E-state index contributed by atoms with van der Waals surface area (Å²) in [6, 6.07) is 9.86. The summed E-state index contributed by atoms with van der Waals surface area (Å²) in [6.45, 7) is 9.83. The third-order valence-corrected chi connectivity index (χ3v) is 3.42. The van der Waals surface area contributed by atoms with Gasteiger partial charge < -0.3 is 9.47 Å². The topological polar surface area (TPSA) is 38.8 Å². The lowest BCUT2D eigenvalue weighted by atomic mass is 10.1. The maximum absolute atomic E-state index is 12.5. The quantitative estimate of drug-likeness (QED) is 0.826. The van der Waals surface area contributed by atoms with E-state index in [1.807, 2.05) is 77.1 Å². The molecule has 1 aliphatic heterocycles. The van der Waals surface area contributed by atoms with E-state index in [0.29, 0.717) is 6.61 Å². The molecule has 22 heavy (non-hydrogen) atoms. The summed E-state index contributed by atoms with van der Waals surface area (Å²) in [7, 11) is 0. The van der Waals surface area contributed by atoms with Gasteiger partial charge >= 0.3 is 6.09 Å². The van der Waals surface area contributed by atoms with E-state index >= 15 is 0 Å². The molecule has 1 heterocycles. The molecule has 0 aromatic heterocycles. The van der Waals surface area contributed by atoms with Crippen molar-refractivity contribution in [3.05, 3.63) is 42.0 Å². The van der Waals surface area contributed by atoms with Crippen molar-refractivity contribution in [2.45, 2.75) is 52.0 Å². The lowest BCUT2D eigenvalue weighted by Crippen LogP contribution is -2.49. The molecule has 4 heteroatoms. The molecule has 1 atom stereocenters. The third kappa shape index (κ3) is 4.10. The largest absolute Gasteiger partial charge is 0.444 e. The molecule has 0 unspecified atom stereocenters. The highest BCUT2D eigenvalue weighted by molar-refractivity contribution is 5.70. The van der Waals surface area contributed by atoms with Gasteiger partial charge in [-0.1, -0.05) is 42.5 Å². The highest BCUT2D eigenvalue weighted by Crippen LogP contribution is 2.30. The van der Waals surface area contributed by atoms with Gasteiger partial charge in [0.2, 0.25) is 0 Å². The Labute approximate surface area is 132 Å². The summed E-state index contributed by atoms with van der Waals surface area (Å²) < 4.78 is 11.3. The van der Waals surface area contributed by atoms with Gasteiger partial charge in [-0.25, -0.2) is 4.79 Å². The Morgan fingerprint density at radius 3 is 2.55 bits per heavy atom. The molecule has 0 bridgehead atoms. The van der Waals surface area contributed by atoms with Crippen molar-refractivity contribution in [1.82, 2.24) is 4.90 Å². The van der Waals surface area contributed by atoms with Gasteiger partial charge in [0.25, 0.3) is 0 Å². The van der Waals surface area contributed by atoms with Gasteiger partial charge in [-0.2, -0.15) is 0 Å². The molecular weight excluding hydrogens is 278 g/mol. The molecule has 4 nitrogen and oxygen atoms in total. The molecule has 2 rings (SSSR count). The van der Waals surface area contributed by atoms with Crippen LogP contribution in [-0.4, -0.2) is 35.0 Å². The van der Waals surface area contributed by atoms with Gasteiger partial charge in [0.05, 0.1) is 12.6 Å². The molecular formula is C18H25NO3. The van der Waals surface area contributed by atoms with Crippen LogP contribution in [0.4, 0.5) is 4.79 Å². The van der Waals surface area contributed by atoms with E-state index < -0.39 is 11.3 Å². The van der Waals surface area contributed by atoms with Crippen molar-refractivity contribution in [3.63, 3.8) is 0 Å². The second-order valence-corrected chi connectivity index (χ2v) is 6.95. The number of rotatable bonds is 2. The number of amides is 1. The van der Waals surface area contributed by atoms with E-state index in [1.165, 1.54) is 0 Å². The summed E-state index contributed by atoms with van der Waals surface area (Å²) in [5.41, 5.74) is -0.103. The number of nitrogens with zero attached hydrogens (tertiary/aromatic N) is 1. The van der Waals surface area contributed by atoms with E-state index in [4.69, 9.17) is 9.47 Å². The summed E-state index contributed by atoms with van der Waals surface area (Å²) in [4.78, 5) is 14.2. The molecule has 1 aromatic rings. The van der Waals surface area contributed by atoms with Crippen LogP contribution in [0.5, 0.6) is 0 Å². The second kappa shape index (κ2) is 6.13. The standard InChI is InChI=1S/C18H25NO3/c1-17(2,3)22-16(20)19-15(13-21-18(19,4)5)12-11-14-9-7-6-8-10-14/h6-12,15H,13H2,1-5H3/b12-11-/t15-/m1/s1. The first kappa shape index (κ1) is 16.6. The third-order valence-electron chi connectivity index (χ3n) is 3.42. The molecule has 1 aromatic carbocycles. The van der Waals surface area contributed by atoms with E-state index in [1.54, 1.807) is 4.90 Å². The zero-order valence-corrected chi connectivity index (χ0v) is 14.0. The van der Waals surface area contributed by atoms with Crippen molar-refractivity contribution < 1.29 is 14.3 Å². The first-order valence-corrected chi connectivity index (χ1v) is 7.58. The van der Waals surface area contributed by atoms with Gasteiger partial charge in [-0.3, -0.25) is 4.90 Å². The number of ether oxygens (including phenoxy) is 2. The van der Waals surface area contributed by atoms with Crippen LogP contribution in [0.3, 0.4) is 0 Å². The minimum absolute atomic E-state index is 0.134. The van der Waals surface area contributed by atoms with Crippen molar-refractivity contribution in [2.24, 2.45) is 0 Å². The first-order valence-electron chi connectivity index (χ1n) is 7.58. The first-order chi connectivity index (χ1) is 10.2. The van der Waals surface area contributed by atoms with Crippen molar-refractivity contribution in [1.29, 1.82) is 0 Å². The van der Waals surface area contributed by atoms with Crippen LogP contribution in [0.15, 0.2) is 36.4 Å². The van der Waals surface area contributed by atoms with Crippen LogP contribution >= 0.6 is 0 Å². The minimum Gasteiger partial charge on any atom is -0.444 e. The highest BCUT2D eigenvalue weighted by Gasteiger charge is 2.44. The molecule has 0 spiro atoms. The lowest BCUT2D eigenvalue weighted by Gasteiger charge is -2.34. The SMILES string of the molecule is CC(C)(C)OC(=O)N1[C@H](/C=C\c2ccccc2)COC1(C)C. The molecule has 0 saturated carbocycles. The van der Waals surface area contributed by atoms with Crippen LogP contribution in [-0.2, 0) is 9.47 Å². The van der Waals surface area contributed by atoms with Gasteiger partial charge in [0.15, 0.2) is 0 Å². The zero-order valence-electron chi connectivity index (χ0n) is 14.0. The summed E-state index contributed by atoms with van der Waals surface area (Å²) in [6.07, 6.45) is 3.65. The lowest BCUT2D eigenvalue weighted by molar-refractivity contribution is -0.0610. The van der Waals surface area contributed by atoms with Crippen LogP contribution in [0.2, 0.25) is 0 Å². The van der Waals surface area contributed by atoms with Crippen LogP contribution in [0.1, 0.15) is 40.2 Å². The normalized spacial score (nSPS) is 21.3. The molecule has 0 aliphatic carbocycles. The molecule has 1 saturated heterocycles. The molecule has 120 valence electrons. The monoisotopic (exact) mass is 303 g/mol. The highest BCUT2D eigenvalue weighted by atomic mass is 16.6. The zero-order chi connectivity index (χ0) is 16.4. The maximum Gasteiger partial charge on any atom is 0.413 e. The Hall–Kier alpha value is -1.81. The van der Waals surface area contributed by atoms with Gasteiger partial charge in [0, 0.05) is 0 Å². The van der Waals surface area contributed by atoms with Gasteiger partial charge in [0.1, 0.15) is 11.3 Å². The fourth-order valence-corrected chi connectivity index (χ4v) is 2.43. The Kier molecular flexibility index (Phi) is 4.61. The van der Waals surface area contributed by atoms with Gasteiger partial charge in [-0.15, -0.1) is 0 Å². The van der Waals surface area contributed by atoms with Crippen LogP contribution < -0.4 is 0 Å². The van der Waals surface area contributed by atoms with Crippen molar-refractivity contribution >= 4 is 12.2 Å². The molecule has 1 aliphatic rings. The number of carbonyl (C=O) groups is 1. The van der Waals surface area contributed by atoms with E-state index in [9.17, 15) is 4.79 Å². The second-order valence-electron chi connectivity index (χ2n) is 6.95. The molecule has 1 fully saturated rings. The van der Waals surface area contributed by atoms with Gasteiger partial charge in [-0.05, 0) is 40.2 Å². The Morgan fingerprint density at radius 1 is 1.32 bits per heavy atom. The van der Waals surface area contributed by atoms with E-state index in [2.05, 4.69) is 0 Å². The van der Waals surface area contributed by atoms with E-state index in [-0.39, 0.29) is 12.1 Å². The average Bonchev–Trinajstić information content (AvgIpc) is 2.71. The number of benzene rings is 1. The molecule has 0 N–H and O–H groups in total. The number of carbonyl (C=O) groups excluding carboxylic acids is 1. The van der Waals surface area contributed by atoms with Crippen LogP contribution in [0.25, 0.3) is 6.08 Å². The van der Waals surface area contributed by atoms with E-state index in [0.717, 1.165) is 5.56 Å². The Morgan fingerprint density at radius 2 is 1.95 bits per heavy atom. The van der Waals surface area contributed by atoms with Crippen molar-refractivity contribution in [2.75, 3.05) is 6.61 Å². The Bertz CT molecular complexity index is 543. The Balaban J connectivity index is 2.16. The fraction of sp³-hybridized carbons (Fsp3) is 0.500. The number of hydrogen-bond acceptors (Lipinski definition) is 3. The number of hydrogen-bond donors (Lipinski definition) is 0. The maximum atomic E-state index is 12.5. The van der Waals surface area contributed by atoms with Crippen LogP contribution in [0, 0.1) is 0 Å². The molecule has 0 radical (unpaired) electrons. The minimum atomic E-state index is -0.673. The summed E-state index contributed by atoms with van der Waals surface area (Å²) >= 11 is 0.